The van der Waals surface area contributed by atoms with E-state index in [0.717, 1.165) is 0 Å². The first-order valence-corrected chi connectivity index (χ1v) is 6.20. The van der Waals surface area contributed by atoms with Crippen molar-refractivity contribution in [2.45, 2.75) is 6.54 Å². The van der Waals surface area contributed by atoms with Gasteiger partial charge in [-0.05, 0) is 33.0 Å². The predicted molar refractivity (Wildman–Crippen MR) is 69.9 cm³/mol. The lowest BCUT2D eigenvalue weighted by Crippen LogP contribution is -2.04. The Labute approximate surface area is 120 Å². The molecule has 0 saturated heterocycles. The first kappa shape index (κ1) is 13.3. The molecule has 0 radical (unpaired) electrons. The molecule has 0 aliphatic rings. The van der Waals surface area contributed by atoms with Crippen molar-refractivity contribution in [3.63, 3.8) is 0 Å². The van der Waals surface area contributed by atoms with Gasteiger partial charge in [-0.2, -0.15) is 4.68 Å². The van der Waals surface area contributed by atoms with Crippen LogP contribution in [-0.4, -0.2) is 19.7 Å². The van der Waals surface area contributed by atoms with E-state index in [4.69, 9.17) is 23.2 Å². The highest BCUT2D eigenvalue weighted by Gasteiger charge is 2.19. The Kier molecular flexibility index (Phi) is 3.84. The van der Waals surface area contributed by atoms with Crippen LogP contribution >= 0.6 is 39.1 Å². The molecule has 0 spiro atoms. The van der Waals surface area contributed by atoms with Gasteiger partial charge in [-0.1, -0.05) is 23.2 Å². The normalized spacial score (nSPS) is 10.6. The highest BCUT2D eigenvalue weighted by atomic mass is 79.9. The van der Waals surface area contributed by atoms with Crippen molar-refractivity contribution < 1.29 is 4.92 Å². The fourth-order valence-corrected chi connectivity index (χ4v) is 2.10. The van der Waals surface area contributed by atoms with E-state index >= 15 is 0 Å². The molecule has 2 rings (SSSR count). The zero-order valence-electron chi connectivity index (χ0n) is 8.68. The molecule has 0 N–H and O–H groups in total. The van der Waals surface area contributed by atoms with Crippen LogP contribution in [0.2, 0.25) is 10.2 Å². The van der Waals surface area contributed by atoms with Gasteiger partial charge in [0, 0.05) is 0 Å². The van der Waals surface area contributed by atoms with Crippen molar-refractivity contribution in [2.75, 3.05) is 0 Å². The lowest BCUT2D eigenvalue weighted by Gasteiger charge is -2.01. The Balaban J connectivity index is 2.31. The quantitative estimate of drug-likeness (QED) is 0.483. The first-order chi connectivity index (χ1) is 8.47. The molecule has 0 amide bonds. The van der Waals surface area contributed by atoms with Crippen LogP contribution in [-0.2, 0) is 6.54 Å². The van der Waals surface area contributed by atoms with Crippen LogP contribution < -0.4 is 0 Å². The Bertz CT molecular complexity index is 617. The molecule has 0 aliphatic heterocycles. The molecular formula is C9H5BrCl2N4O2. The smallest absolute Gasteiger partial charge is 0.358 e. The number of rotatable bonds is 3. The van der Waals surface area contributed by atoms with Crippen LogP contribution in [0.25, 0.3) is 0 Å². The number of nitro groups is 1. The third-order valence-corrected chi connectivity index (χ3v) is 3.18. The fraction of sp³-hybridized carbons (Fsp3) is 0.111. The summed E-state index contributed by atoms with van der Waals surface area (Å²) in [6, 6.07) is 3.17. The van der Waals surface area contributed by atoms with Gasteiger partial charge in [0.1, 0.15) is 16.2 Å². The van der Waals surface area contributed by atoms with Gasteiger partial charge in [0.05, 0.1) is 22.0 Å². The van der Waals surface area contributed by atoms with Crippen LogP contribution in [0.5, 0.6) is 0 Å². The maximum absolute atomic E-state index is 10.6. The van der Waals surface area contributed by atoms with Crippen LogP contribution in [0, 0.1) is 10.1 Å². The molecule has 9 heteroatoms. The molecule has 0 unspecified atom stereocenters. The Hall–Kier alpha value is -1.18. The van der Waals surface area contributed by atoms with Gasteiger partial charge in [0.25, 0.3) is 0 Å². The van der Waals surface area contributed by atoms with E-state index in [2.05, 4.69) is 26.0 Å². The molecule has 0 atom stereocenters. The van der Waals surface area contributed by atoms with E-state index in [1.807, 2.05) is 0 Å². The van der Waals surface area contributed by atoms with Gasteiger partial charge in [-0.25, -0.2) is 4.98 Å². The fourth-order valence-electron chi connectivity index (χ4n) is 1.31. The third-order valence-electron chi connectivity index (χ3n) is 2.07. The van der Waals surface area contributed by atoms with Crippen molar-refractivity contribution in [1.82, 2.24) is 14.8 Å². The molecule has 2 aromatic rings. The van der Waals surface area contributed by atoms with Crippen molar-refractivity contribution in [2.24, 2.45) is 0 Å². The largest absolute Gasteiger partial charge is 0.404 e. The van der Waals surface area contributed by atoms with Crippen LogP contribution in [0.4, 0.5) is 5.82 Å². The SMILES string of the molecule is O=[N+]([O-])c1nn(Cc2nc(Cl)ccc2Cl)cc1Br. The van der Waals surface area contributed by atoms with Gasteiger partial charge in [-0.15, -0.1) is 0 Å². The number of aromatic nitrogens is 3. The number of halogens is 3. The summed E-state index contributed by atoms with van der Waals surface area (Å²) >= 11 is 14.8. The van der Waals surface area contributed by atoms with Crippen molar-refractivity contribution >= 4 is 44.9 Å². The van der Waals surface area contributed by atoms with Gasteiger partial charge < -0.3 is 10.1 Å². The second kappa shape index (κ2) is 5.21. The minimum absolute atomic E-state index is 0.200. The zero-order valence-corrected chi connectivity index (χ0v) is 11.8. The standard InChI is InChI=1S/C9H5BrCl2N4O2/c10-5-3-15(14-9(5)16(17)18)4-7-6(11)1-2-8(12)13-7/h1-3H,4H2. The summed E-state index contributed by atoms with van der Waals surface area (Å²) in [6.07, 6.45) is 1.48. The molecule has 0 aromatic carbocycles. The number of hydrogen-bond donors (Lipinski definition) is 0. The number of pyridine rings is 1. The molecular weight excluding hydrogens is 347 g/mol. The number of hydrogen-bond acceptors (Lipinski definition) is 4. The molecule has 0 saturated carbocycles. The van der Waals surface area contributed by atoms with Gasteiger partial charge in [0.15, 0.2) is 0 Å². The first-order valence-electron chi connectivity index (χ1n) is 4.65. The molecule has 2 heterocycles. The summed E-state index contributed by atoms with van der Waals surface area (Å²) in [6.45, 7) is 0.200. The zero-order chi connectivity index (χ0) is 13.3. The summed E-state index contributed by atoms with van der Waals surface area (Å²) in [5.41, 5.74) is 0.495. The van der Waals surface area contributed by atoms with Gasteiger partial charge in [0.2, 0.25) is 0 Å². The summed E-state index contributed by atoms with van der Waals surface area (Å²) in [4.78, 5) is 14.1. The highest BCUT2D eigenvalue weighted by Crippen LogP contribution is 2.24. The summed E-state index contributed by atoms with van der Waals surface area (Å²) in [7, 11) is 0. The minimum Gasteiger partial charge on any atom is -0.358 e. The topological polar surface area (TPSA) is 73.8 Å². The average Bonchev–Trinajstić information content (AvgIpc) is 2.65. The molecule has 0 aliphatic carbocycles. The van der Waals surface area contributed by atoms with E-state index in [0.29, 0.717) is 20.3 Å². The predicted octanol–water partition coefficient (Wildman–Crippen LogP) is 3.30. The maximum atomic E-state index is 10.6. The Morgan fingerprint density at radius 3 is 2.78 bits per heavy atom. The van der Waals surface area contributed by atoms with Gasteiger partial charge >= 0.3 is 5.82 Å². The maximum Gasteiger partial charge on any atom is 0.404 e. The van der Waals surface area contributed by atoms with Crippen LogP contribution in [0.3, 0.4) is 0 Å². The van der Waals surface area contributed by atoms with Crippen molar-refractivity contribution in [1.29, 1.82) is 0 Å². The summed E-state index contributed by atoms with van der Waals surface area (Å²) in [5.74, 6) is -0.256. The monoisotopic (exact) mass is 350 g/mol. The third kappa shape index (κ3) is 2.80. The van der Waals surface area contributed by atoms with Crippen LogP contribution in [0.1, 0.15) is 5.69 Å². The van der Waals surface area contributed by atoms with Crippen molar-refractivity contribution in [3.05, 3.63) is 48.8 Å². The van der Waals surface area contributed by atoms with Crippen molar-refractivity contribution in [3.8, 4) is 0 Å². The molecule has 6 nitrogen and oxygen atoms in total. The summed E-state index contributed by atoms with van der Waals surface area (Å²) < 4.78 is 1.66. The van der Waals surface area contributed by atoms with E-state index in [1.54, 1.807) is 12.1 Å². The van der Waals surface area contributed by atoms with Gasteiger partial charge in [-0.3, -0.25) is 0 Å². The molecule has 94 valence electrons. The van der Waals surface area contributed by atoms with E-state index in [-0.39, 0.29) is 12.4 Å². The average molecular weight is 352 g/mol. The molecule has 2 aromatic heterocycles. The Morgan fingerprint density at radius 2 is 2.17 bits per heavy atom. The molecule has 18 heavy (non-hydrogen) atoms. The Morgan fingerprint density at radius 1 is 1.44 bits per heavy atom. The molecule has 0 fully saturated rings. The van der Waals surface area contributed by atoms with E-state index in [9.17, 15) is 10.1 Å². The van der Waals surface area contributed by atoms with Crippen LogP contribution in [0.15, 0.2) is 22.8 Å². The van der Waals surface area contributed by atoms with E-state index in [1.165, 1.54) is 10.9 Å². The second-order valence-corrected chi connectivity index (χ2v) is 4.97. The second-order valence-electron chi connectivity index (χ2n) is 3.32. The minimum atomic E-state index is -0.576. The summed E-state index contributed by atoms with van der Waals surface area (Å²) in [5, 5.41) is 15.2. The number of nitrogens with zero attached hydrogens (tertiary/aromatic N) is 4. The lowest BCUT2D eigenvalue weighted by atomic mass is 10.3. The molecule has 0 bridgehead atoms. The lowest BCUT2D eigenvalue weighted by molar-refractivity contribution is -0.390. The highest BCUT2D eigenvalue weighted by molar-refractivity contribution is 9.10. The van der Waals surface area contributed by atoms with E-state index < -0.39 is 4.92 Å².